The molecule has 0 bridgehead atoms. The third-order valence-corrected chi connectivity index (χ3v) is 6.72. The van der Waals surface area contributed by atoms with Crippen LogP contribution in [0.5, 0.6) is 0 Å². The third kappa shape index (κ3) is 5.32. The van der Waals surface area contributed by atoms with Crippen LogP contribution < -0.4 is 0 Å². The number of likely N-dealkylation sites (tertiary alicyclic amines) is 2. The summed E-state index contributed by atoms with van der Waals surface area (Å²) in [5.74, 6) is 4.30. The zero-order valence-corrected chi connectivity index (χ0v) is 19.4. The maximum absolute atomic E-state index is 13.2. The average Bonchev–Trinajstić information content (AvgIpc) is 3.30. The average molecular weight is 476 g/mol. The number of carbonyl (C=O) groups excluding carboxylic acids is 3. The Morgan fingerprint density at radius 1 is 0.971 bits per heavy atom. The molecule has 9 nitrogen and oxygen atoms in total. The standard InChI is InChI=1S/C26H25N3O6/c1-35-25(32)21-15-20(16-22(17-21)29(33)34)24(31)28-14-11-26(18-28)9-12-27(13-10-26)23(30)8-7-19-5-3-2-4-6-19/h2-6,15-17H,9-14,18H2,1H3. The van der Waals surface area contributed by atoms with E-state index in [1.54, 1.807) is 9.80 Å². The van der Waals surface area contributed by atoms with Crippen molar-refractivity contribution in [3.63, 3.8) is 0 Å². The molecule has 2 aromatic carbocycles. The van der Waals surface area contributed by atoms with Crippen LogP contribution in [-0.4, -0.2) is 65.8 Å². The number of rotatable bonds is 3. The van der Waals surface area contributed by atoms with Gasteiger partial charge in [-0.25, -0.2) is 4.79 Å². The van der Waals surface area contributed by atoms with Crippen LogP contribution in [0.4, 0.5) is 5.69 Å². The zero-order chi connectivity index (χ0) is 25.0. The molecule has 2 heterocycles. The molecule has 1 spiro atoms. The van der Waals surface area contributed by atoms with Gasteiger partial charge in [-0.3, -0.25) is 19.7 Å². The number of amides is 2. The first-order chi connectivity index (χ1) is 16.8. The van der Waals surface area contributed by atoms with E-state index in [4.69, 9.17) is 0 Å². The SMILES string of the molecule is COC(=O)c1cc(C(=O)N2CCC3(CCN(C(=O)C#Cc4ccccc4)CC3)C2)cc([N+](=O)[O-])c1. The van der Waals surface area contributed by atoms with Gasteiger partial charge >= 0.3 is 5.97 Å². The summed E-state index contributed by atoms with van der Waals surface area (Å²) in [7, 11) is 1.18. The van der Waals surface area contributed by atoms with Gasteiger partial charge in [0.05, 0.1) is 17.6 Å². The molecule has 9 heteroatoms. The molecule has 2 saturated heterocycles. The summed E-state index contributed by atoms with van der Waals surface area (Å²) in [6.07, 6.45) is 2.28. The topological polar surface area (TPSA) is 110 Å². The number of piperidine rings is 1. The lowest BCUT2D eigenvalue weighted by atomic mass is 9.78. The molecule has 2 aliphatic rings. The second-order valence-corrected chi connectivity index (χ2v) is 8.90. The second kappa shape index (κ2) is 9.97. The highest BCUT2D eigenvalue weighted by atomic mass is 16.6. The van der Waals surface area contributed by atoms with Crippen LogP contribution in [0.2, 0.25) is 0 Å². The number of ether oxygens (including phenoxy) is 1. The molecule has 0 aliphatic carbocycles. The number of hydrogen-bond donors (Lipinski definition) is 0. The largest absolute Gasteiger partial charge is 0.465 e. The second-order valence-electron chi connectivity index (χ2n) is 8.90. The maximum Gasteiger partial charge on any atom is 0.338 e. The summed E-state index contributed by atoms with van der Waals surface area (Å²) >= 11 is 0. The molecular weight excluding hydrogens is 450 g/mol. The molecule has 0 saturated carbocycles. The Labute approximate surface area is 202 Å². The molecule has 0 N–H and O–H groups in total. The minimum atomic E-state index is -0.743. The Morgan fingerprint density at radius 3 is 2.23 bits per heavy atom. The van der Waals surface area contributed by atoms with Crippen molar-refractivity contribution >= 4 is 23.5 Å². The van der Waals surface area contributed by atoms with E-state index in [0.717, 1.165) is 30.9 Å². The molecule has 35 heavy (non-hydrogen) atoms. The van der Waals surface area contributed by atoms with Gasteiger partial charge in [0, 0.05) is 55.4 Å². The van der Waals surface area contributed by atoms with Crippen LogP contribution in [0.1, 0.15) is 45.5 Å². The van der Waals surface area contributed by atoms with Crippen LogP contribution >= 0.6 is 0 Å². The summed E-state index contributed by atoms with van der Waals surface area (Å²) in [5, 5.41) is 11.3. The molecular formula is C26H25N3O6. The van der Waals surface area contributed by atoms with E-state index in [0.29, 0.717) is 26.2 Å². The lowest BCUT2D eigenvalue weighted by Gasteiger charge is -2.38. The molecule has 0 aromatic heterocycles. The van der Waals surface area contributed by atoms with Gasteiger partial charge in [0.1, 0.15) is 0 Å². The number of nitro groups is 1. The number of carbonyl (C=O) groups is 3. The summed E-state index contributed by atoms with van der Waals surface area (Å²) in [6, 6.07) is 13.0. The predicted molar refractivity (Wildman–Crippen MR) is 127 cm³/mol. The van der Waals surface area contributed by atoms with Gasteiger partial charge in [-0.15, -0.1) is 0 Å². The quantitative estimate of drug-likeness (QED) is 0.292. The number of hydrogen-bond acceptors (Lipinski definition) is 6. The Hall–Kier alpha value is -4.19. The van der Waals surface area contributed by atoms with Crippen LogP contribution in [0.15, 0.2) is 48.5 Å². The van der Waals surface area contributed by atoms with Crippen molar-refractivity contribution < 1.29 is 24.0 Å². The van der Waals surface area contributed by atoms with Gasteiger partial charge in [-0.05, 0) is 42.9 Å². The van der Waals surface area contributed by atoms with Gasteiger partial charge in [-0.2, -0.15) is 0 Å². The summed E-state index contributed by atoms with van der Waals surface area (Å²) in [5.41, 5.74) is 0.387. The lowest BCUT2D eigenvalue weighted by Crippen LogP contribution is -2.44. The highest BCUT2D eigenvalue weighted by molar-refractivity contribution is 5.99. The Bertz CT molecular complexity index is 1220. The third-order valence-electron chi connectivity index (χ3n) is 6.72. The van der Waals surface area contributed by atoms with Crippen molar-refractivity contribution in [2.45, 2.75) is 19.3 Å². The number of nitrogens with zero attached hydrogens (tertiary/aromatic N) is 3. The monoisotopic (exact) mass is 475 g/mol. The van der Waals surface area contributed by atoms with Gasteiger partial charge in [0.2, 0.25) is 0 Å². The van der Waals surface area contributed by atoms with Crippen molar-refractivity contribution in [1.29, 1.82) is 0 Å². The normalized spacial score (nSPS) is 16.4. The molecule has 2 fully saturated rings. The first kappa shape index (κ1) is 24.0. The minimum absolute atomic E-state index is 0.0395. The van der Waals surface area contributed by atoms with Gasteiger partial charge in [-0.1, -0.05) is 24.1 Å². The van der Waals surface area contributed by atoms with Gasteiger partial charge in [0.15, 0.2) is 0 Å². The summed E-state index contributed by atoms with van der Waals surface area (Å²) in [6.45, 7) is 2.14. The Kier molecular flexibility index (Phi) is 6.82. The first-order valence-electron chi connectivity index (χ1n) is 11.3. The molecule has 0 unspecified atom stereocenters. The van der Waals surface area contributed by atoms with Crippen molar-refractivity contribution in [1.82, 2.24) is 9.80 Å². The van der Waals surface area contributed by atoms with Crippen LogP contribution in [0, 0.1) is 27.4 Å². The molecule has 0 atom stereocenters. The minimum Gasteiger partial charge on any atom is -0.465 e. The highest BCUT2D eigenvalue weighted by Gasteiger charge is 2.43. The smallest absolute Gasteiger partial charge is 0.338 e. The fraction of sp³-hybridized carbons (Fsp3) is 0.346. The predicted octanol–water partition coefficient (Wildman–Crippen LogP) is 2.89. The highest BCUT2D eigenvalue weighted by Crippen LogP contribution is 2.41. The molecule has 2 aromatic rings. The zero-order valence-electron chi connectivity index (χ0n) is 19.4. The number of methoxy groups -OCH3 is 1. The lowest BCUT2D eigenvalue weighted by molar-refractivity contribution is -0.384. The molecule has 180 valence electrons. The molecule has 0 radical (unpaired) electrons. The van der Waals surface area contributed by atoms with E-state index in [1.807, 2.05) is 30.3 Å². The fourth-order valence-electron chi connectivity index (χ4n) is 4.69. The first-order valence-corrected chi connectivity index (χ1v) is 11.3. The summed E-state index contributed by atoms with van der Waals surface area (Å²) < 4.78 is 4.66. The van der Waals surface area contributed by atoms with E-state index < -0.39 is 10.9 Å². The van der Waals surface area contributed by atoms with Crippen LogP contribution in [-0.2, 0) is 9.53 Å². The van der Waals surface area contributed by atoms with E-state index in [1.165, 1.54) is 19.2 Å². The van der Waals surface area contributed by atoms with E-state index in [9.17, 15) is 24.5 Å². The molecule has 2 aliphatic heterocycles. The van der Waals surface area contributed by atoms with Gasteiger partial charge in [0.25, 0.3) is 17.5 Å². The maximum atomic E-state index is 13.2. The van der Waals surface area contributed by atoms with Crippen molar-refractivity contribution in [3.05, 3.63) is 75.3 Å². The van der Waals surface area contributed by atoms with Crippen LogP contribution in [0.25, 0.3) is 0 Å². The van der Waals surface area contributed by atoms with E-state index >= 15 is 0 Å². The summed E-state index contributed by atoms with van der Waals surface area (Å²) in [4.78, 5) is 51.7. The number of nitro benzene ring substituents is 1. The number of esters is 1. The number of non-ortho nitro benzene ring substituents is 1. The number of benzene rings is 2. The fourth-order valence-corrected chi connectivity index (χ4v) is 4.69. The van der Waals surface area contributed by atoms with E-state index in [-0.39, 0.29) is 34.0 Å². The van der Waals surface area contributed by atoms with Crippen molar-refractivity contribution in [2.75, 3.05) is 33.3 Å². The molecule has 4 rings (SSSR count). The molecule has 2 amide bonds. The van der Waals surface area contributed by atoms with E-state index in [2.05, 4.69) is 16.6 Å². The van der Waals surface area contributed by atoms with Crippen LogP contribution in [0.3, 0.4) is 0 Å². The van der Waals surface area contributed by atoms with Crippen molar-refractivity contribution in [2.24, 2.45) is 5.41 Å². The Morgan fingerprint density at radius 2 is 1.60 bits per heavy atom. The van der Waals surface area contributed by atoms with Crippen molar-refractivity contribution in [3.8, 4) is 11.8 Å². The van der Waals surface area contributed by atoms with Gasteiger partial charge < -0.3 is 14.5 Å². The Balaban J connectivity index is 1.41.